The van der Waals surface area contributed by atoms with Crippen molar-refractivity contribution in [2.45, 2.75) is 45.6 Å². The fourth-order valence-electron chi connectivity index (χ4n) is 4.58. The Morgan fingerprint density at radius 3 is 1.63 bits per heavy atom. The van der Waals surface area contributed by atoms with Gasteiger partial charge in [-0.2, -0.15) is 0 Å². The number of ketones is 1. The van der Waals surface area contributed by atoms with E-state index >= 15 is 0 Å². The van der Waals surface area contributed by atoms with Crippen molar-refractivity contribution in [3.05, 3.63) is 96.1 Å². The summed E-state index contributed by atoms with van der Waals surface area (Å²) in [7, 11) is 3.23. The number of nitrogens with zero attached hydrogens (tertiary/aromatic N) is 2. The lowest BCUT2D eigenvalue weighted by atomic mass is 10.1. The maximum atomic E-state index is 11.1. The van der Waals surface area contributed by atoms with E-state index in [1.165, 1.54) is 22.7 Å². The molecule has 0 aliphatic rings. The molecule has 10 heteroatoms. The number of ether oxygens (including phenoxy) is 4. The molecular formula is C36H36N2O6S2. The number of thiazole rings is 2. The first kappa shape index (κ1) is 32.9. The first-order chi connectivity index (χ1) is 22.3. The number of fused-ring (bicyclic) bond motifs is 2. The highest BCUT2D eigenvalue weighted by molar-refractivity contribution is 7.20. The Bertz CT molecular complexity index is 1850. The van der Waals surface area contributed by atoms with Gasteiger partial charge in [-0.15, -0.1) is 0 Å². The van der Waals surface area contributed by atoms with Crippen LogP contribution in [0.3, 0.4) is 0 Å². The van der Waals surface area contributed by atoms with Gasteiger partial charge in [0.15, 0.2) is 23.0 Å². The zero-order valence-electron chi connectivity index (χ0n) is 26.2. The predicted octanol–water partition coefficient (Wildman–Crippen LogP) is 9.03. The SMILES string of the molecule is COc1cc(CCC(C)=O)ccc1Oc1nc2ccccc2s1.COc1cc(CCC(C)O)ccc1Oc1nc2ccccc2s1. The van der Waals surface area contributed by atoms with E-state index < -0.39 is 0 Å². The van der Waals surface area contributed by atoms with Crippen molar-refractivity contribution in [1.82, 2.24) is 9.97 Å². The largest absolute Gasteiger partial charge is 0.493 e. The van der Waals surface area contributed by atoms with Gasteiger partial charge in [-0.25, -0.2) is 9.97 Å². The van der Waals surface area contributed by atoms with Gasteiger partial charge in [0.1, 0.15) is 5.78 Å². The Balaban J connectivity index is 0.000000181. The molecule has 0 amide bonds. The number of Topliss-reactive ketones (excluding diaryl/α,β-unsaturated/α-hetero) is 1. The lowest BCUT2D eigenvalue weighted by Crippen LogP contribution is -2.01. The molecule has 238 valence electrons. The van der Waals surface area contributed by atoms with Crippen LogP contribution in [0, 0.1) is 0 Å². The second kappa shape index (κ2) is 15.7. The fraction of sp³-hybridized carbons (Fsp3) is 0.250. The summed E-state index contributed by atoms with van der Waals surface area (Å²) < 4.78 is 24.8. The standard InChI is InChI=1S/C18H19NO3S.C18H17NO3S/c2*1-12(20)7-8-13-9-10-15(16(11-13)21-2)22-18-19-14-5-3-4-6-17(14)23-18/h3-6,9-12,20H,7-8H2,1-2H3;3-6,9-11H,7-8H2,1-2H3. The van der Waals surface area contributed by atoms with Crippen molar-refractivity contribution in [1.29, 1.82) is 0 Å². The first-order valence-electron chi connectivity index (χ1n) is 14.9. The normalized spacial score (nSPS) is 11.5. The minimum Gasteiger partial charge on any atom is -0.493 e. The number of aliphatic hydroxyl groups excluding tert-OH is 1. The molecule has 0 radical (unpaired) electrons. The van der Waals surface area contributed by atoms with Gasteiger partial charge >= 0.3 is 0 Å². The van der Waals surface area contributed by atoms with Gasteiger partial charge < -0.3 is 28.8 Å². The molecule has 6 aromatic rings. The van der Waals surface area contributed by atoms with Crippen LogP contribution in [0.2, 0.25) is 0 Å². The number of methoxy groups -OCH3 is 2. The molecule has 6 rings (SSSR count). The molecule has 0 fully saturated rings. The third kappa shape index (κ3) is 8.81. The molecule has 4 aromatic carbocycles. The maximum Gasteiger partial charge on any atom is 0.279 e. The van der Waals surface area contributed by atoms with E-state index in [9.17, 15) is 9.90 Å². The molecule has 0 aliphatic heterocycles. The Labute approximate surface area is 276 Å². The van der Waals surface area contributed by atoms with Gasteiger partial charge in [-0.1, -0.05) is 59.1 Å². The van der Waals surface area contributed by atoms with Gasteiger partial charge in [-0.3, -0.25) is 0 Å². The van der Waals surface area contributed by atoms with Crippen LogP contribution in [0.4, 0.5) is 0 Å². The summed E-state index contributed by atoms with van der Waals surface area (Å²) >= 11 is 3.00. The van der Waals surface area contributed by atoms with Crippen molar-refractivity contribution in [3.8, 4) is 33.4 Å². The summed E-state index contributed by atoms with van der Waals surface area (Å²) in [6.45, 7) is 3.39. The van der Waals surface area contributed by atoms with Crippen molar-refractivity contribution >= 4 is 48.9 Å². The molecule has 1 atom stereocenters. The first-order valence-corrected chi connectivity index (χ1v) is 16.5. The molecule has 2 heterocycles. The topological polar surface area (TPSA) is 100 Å². The molecule has 8 nitrogen and oxygen atoms in total. The monoisotopic (exact) mass is 656 g/mol. The number of aliphatic hydroxyl groups is 1. The number of para-hydroxylation sites is 2. The molecule has 1 unspecified atom stereocenters. The van der Waals surface area contributed by atoms with Crippen molar-refractivity contribution < 1.29 is 28.8 Å². The summed E-state index contributed by atoms with van der Waals surface area (Å²) in [5, 5.41) is 10.6. The van der Waals surface area contributed by atoms with Gasteiger partial charge in [0, 0.05) is 6.42 Å². The third-order valence-corrected chi connectivity index (χ3v) is 8.84. The Morgan fingerprint density at radius 2 is 1.20 bits per heavy atom. The van der Waals surface area contributed by atoms with Gasteiger partial charge in [0.25, 0.3) is 10.4 Å². The van der Waals surface area contributed by atoms with Crippen LogP contribution >= 0.6 is 22.7 Å². The zero-order chi connectivity index (χ0) is 32.5. The minimum absolute atomic E-state index is 0.179. The molecule has 0 saturated carbocycles. The number of rotatable bonds is 12. The maximum absolute atomic E-state index is 11.1. The highest BCUT2D eigenvalue weighted by Gasteiger charge is 2.13. The van der Waals surface area contributed by atoms with Crippen LogP contribution < -0.4 is 18.9 Å². The molecule has 0 spiro atoms. The predicted molar refractivity (Wildman–Crippen MR) is 184 cm³/mol. The lowest BCUT2D eigenvalue weighted by molar-refractivity contribution is -0.116. The lowest BCUT2D eigenvalue weighted by Gasteiger charge is -2.11. The summed E-state index contributed by atoms with van der Waals surface area (Å²) in [5.74, 6) is 2.77. The highest BCUT2D eigenvalue weighted by atomic mass is 32.1. The van der Waals surface area contributed by atoms with E-state index in [0.717, 1.165) is 44.4 Å². The summed E-state index contributed by atoms with van der Waals surface area (Å²) in [5.41, 5.74) is 4.01. The smallest absolute Gasteiger partial charge is 0.279 e. The van der Waals surface area contributed by atoms with Crippen molar-refractivity contribution in [3.63, 3.8) is 0 Å². The molecule has 0 aliphatic carbocycles. The number of aromatic nitrogens is 2. The molecular weight excluding hydrogens is 621 g/mol. The molecule has 0 bridgehead atoms. The Morgan fingerprint density at radius 1 is 0.717 bits per heavy atom. The van der Waals surface area contributed by atoms with Crippen LogP contribution in [0.15, 0.2) is 84.9 Å². The van der Waals surface area contributed by atoms with Gasteiger partial charge in [0.2, 0.25) is 0 Å². The van der Waals surface area contributed by atoms with E-state index in [1.807, 2.05) is 84.9 Å². The van der Waals surface area contributed by atoms with Crippen LogP contribution in [0.5, 0.6) is 33.4 Å². The fourth-order valence-corrected chi connectivity index (χ4v) is 6.23. The van der Waals surface area contributed by atoms with E-state index in [2.05, 4.69) is 9.97 Å². The second-order valence-electron chi connectivity index (χ2n) is 10.7. The van der Waals surface area contributed by atoms with Crippen molar-refractivity contribution in [2.75, 3.05) is 14.2 Å². The van der Waals surface area contributed by atoms with Gasteiger partial charge in [0.05, 0.1) is 40.8 Å². The van der Waals surface area contributed by atoms with Crippen LogP contribution in [-0.2, 0) is 17.6 Å². The number of aryl methyl sites for hydroxylation is 2. The average molecular weight is 657 g/mol. The van der Waals surface area contributed by atoms with Crippen LogP contribution in [0.25, 0.3) is 20.4 Å². The van der Waals surface area contributed by atoms with E-state index in [1.54, 1.807) is 28.1 Å². The second-order valence-corrected chi connectivity index (χ2v) is 12.6. The van der Waals surface area contributed by atoms with Crippen LogP contribution in [0.1, 0.15) is 37.8 Å². The summed E-state index contributed by atoms with van der Waals surface area (Å²) in [6.07, 6.45) is 2.45. The molecule has 1 N–H and O–H groups in total. The van der Waals surface area contributed by atoms with Crippen molar-refractivity contribution in [2.24, 2.45) is 0 Å². The van der Waals surface area contributed by atoms with Crippen LogP contribution in [-0.4, -0.2) is 41.2 Å². The summed E-state index contributed by atoms with van der Waals surface area (Å²) in [6, 6.07) is 27.4. The number of hydrogen-bond acceptors (Lipinski definition) is 10. The molecule has 0 saturated heterocycles. The molecule has 2 aromatic heterocycles. The van der Waals surface area contributed by atoms with E-state index in [4.69, 9.17) is 18.9 Å². The van der Waals surface area contributed by atoms with Gasteiger partial charge in [-0.05, 0) is 92.8 Å². The number of hydrogen-bond donors (Lipinski definition) is 1. The quantitative estimate of drug-likeness (QED) is 0.139. The third-order valence-electron chi connectivity index (χ3n) is 7.02. The number of carbonyl (C=O) groups is 1. The Hall–Kier alpha value is -4.51. The average Bonchev–Trinajstić information content (AvgIpc) is 3.67. The molecule has 46 heavy (non-hydrogen) atoms. The van der Waals surface area contributed by atoms with E-state index in [-0.39, 0.29) is 11.9 Å². The van der Waals surface area contributed by atoms with E-state index in [0.29, 0.717) is 46.2 Å². The minimum atomic E-state index is -0.306. The number of carbonyl (C=O) groups excluding carboxylic acids is 1. The zero-order valence-corrected chi connectivity index (χ0v) is 27.8. The summed E-state index contributed by atoms with van der Waals surface area (Å²) in [4.78, 5) is 20.0. The Kier molecular flexibility index (Phi) is 11.2. The highest BCUT2D eigenvalue weighted by Crippen LogP contribution is 2.37. The number of benzene rings is 4.